The molecule has 2 rings (SSSR count). The Hall–Kier alpha value is -0.610. The van der Waals surface area contributed by atoms with E-state index < -0.39 is 6.10 Å². The van der Waals surface area contributed by atoms with E-state index in [-0.39, 0.29) is 12.1 Å². The lowest BCUT2D eigenvalue weighted by Crippen LogP contribution is -2.49. The third-order valence-electron chi connectivity index (χ3n) is 2.85. The predicted molar refractivity (Wildman–Crippen MR) is 63.6 cm³/mol. The number of morpholine rings is 1. The second kappa shape index (κ2) is 5.15. The van der Waals surface area contributed by atoms with Gasteiger partial charge in [0.1, 0.15) is 0 Å². The Bertz CT molecular complexity index is 339. The van der Waals surface area contributed by atoms with E-state index in [1.54, 1.807) is 6.92 Å². The SMILES string of the molecule is C[C@H](O)[C@H]1COC[C@@H](c2ccc(Cl)cc2)N1. The van der Waals surface area contributed by atoms with Crippen molar-refractivity contribution in [1.82, 2.24) is 5.32 Å². The van der Waals surface area contributed by atoms with Crippen molar-refractivity contribution in [1.29, 1.82) is 0 Å². The van der Waals surface area contributed by atoms with E-state index >= 15 is 0 Å². The number of hydrogen-bond acceptors (Lipinski definition) is 3. The van der Waals surface area contributed by atoms with Crippen LogP contribution in [0.2, 0.25) is 5.02 Å². The summed E-state index contributed by atoms with van der Waals surface area (Å²) in [7, 11) is 0. The molecule has 1 aromatic carbocycles. The second-order valence-electron chi connectivity index (χ2n) is 4.16. The highest BCUT2D eigenvalue weighted by Crippen LogP contribution is 2.20. The van der Waals surface area contributed by atoms with Crippen LogP contribution in [-0.4, -0.2) is 30.5 Å². The van der Waals surface area contributed by atoms with E-state index in [1.165, 1.54) is 0 Å². The Morgan fingerprint density at radius 3 is 2.69 bits per heavy atom. The smallest absolute Gasteiger partial charge is 0.0687 e. The van der Waals surface area contributed by atoms with Crippen molar-refractivity contribution < 1.29 is 9.84 Å². The molecule has 1 heterocycles. The van der Waals surface area contributed by atoms with E-state index in [4.69, 9.17) is 16.3 Å². The van der Waals surface area contributed by atoms with Crippen LogP contribution in [0.5, 0.6) is 0 Å². The molecule has 0 spiro atoms. The van der Waals surface area contributed by atoms with Gasteiger partial charge in [-0.05, 0) is 24.6 Å². The van der Waals surface area contributed by atoms with Gasteiger partial charge in [-0.25, -0.2) is 0 Å². The molecule has 1 aliphatic heterocycles. The first kappa shape index (κ1) is 11.9. The molecule has 1 aliphatic rings. The van der Waals surface area contributed by atoms with Gasteiger partial charge in [0.15, 0.2) is 0 Å². The quantitative estimate of drug-likeness (QED) is 0.829. The molecule has 16 heavy (non-hydrogen) atoms. The first-order valence-corrected chi connectivity index (χ1v) is 5.82. The van der Waals surface area contributed by atoms with Gasteiger partial charge < -0.3 is 15.2 Å². The molecule has 0 amide bonds. The molecule has 1 saturated heterocycles. The second-order valence-corrected chi connectivity index (χ2v) is 4.59. The molecule has 3 nitrogen and oxygen atoms in total. The topological polar surface area (TPSA) is 41.5 Å². The van der Waals surface area contributed by atoms with Crippen molar-refractivity contribution in [3.05, 3.63) is 34.9 Å². The van der Waals surface area contributed by atoms with Gasteiger partial charge in [-0.2, -0.15) is 0 Å². The molecule has 3 atom stereocenters. The van der Waals surface area contributed by atoms with Crippen LogP contribution in [0.25, 0.3) is 0 Å². The normalized spacial score (nSPS) is 27.7. The van der Waals surface area contributed by atoms with Gasteiger partial charge in [0, 0.05) is 5.02 Å². The molecule has 0 aromatic heterocycles. The van der Waals surface area contributed by atoms with E-state index in [0.29, 0.717) is 13.2 Å². The number of ether oxygens (including phenoxy) is 1. The van der Waals surface area contributed by atoms with E-state index in [0.717, 1.165) is 10.6 Å². The molecule has 4 heteroatoms. The van der Waals surface area contributed by atoms with E-state index in [1.807, 2.05) is 24.3 Å². The molecule has 0 unspecified atom stereocenters. The molecule has 88 valence electrons. The maximum absolute atomic E-state index is 9.52. The van der Waals surface area contributed by atoms with Gasteiger partial charge in [-0.3, -0.25) is 0 Å². The van der Waals surface area contributed by atoms with Crippen LogP contribution in [0, 0.1) is 0 Å². The largest absolute Gasteiger partial charge is 0.392 e. The zero-order valence-corrected chi connectivity index (χ0v) is 9.95. The monoisotopic (exact) mass is 241 g/mol. The van der Waals surface area contributed by atoms with Crippen LogP contribution in [0.15, 0.2) is 24.3 Å². The molecular formula is C12H16ClNO2. The van der Waals surface area contributed by atoms with Gasteiger partial charge >= 0.3 is 0 Å². The number of halogens is 1. The molecule has 0 aliphatic carbocycles. The van der Waals surface area contributed by atoms with Crippen LogP contribution in [-0.2, 0) is 4.74 Å². The average Bonchev–Trinajstić information content (AvgIpc) is 2.30. The molecule has 1 fully saturated rings. The number of rotatable bonds is 2. The predicted octanol–water partition coefficient (Wildman–Crippen LogP) is 1.75. The molecule has 0 saturated carbocycles. The number of benzene rings is 1. The maximum atomic E-state index is 9.52. The van der Waals surface area contributed by atoms with Gasteiger partial charge in [-0.1, -0.05) is 23.7 Å². The number of aliphatic hydroxyl groups excluding tert-OH is 1. The van der Waals surface area contributed by atoms with Gasteiger partial charge in [0.2, 0.25) is 0 Å². The van der Waals surface area contributed by atoms with Crippen molar-refractivity contribution >= 4 is 11.6 Å². The summed E-state index contributed by atoms with van der Waals surface area (Å²) in [5.41, 5.74) is 1.13. The van der Waals surface area contributed by atoms with Crippen molar-refractivity contribution in [3.8, 4) is 0 Å². The molecule has 2 N–H and O–H groups in total. The summed E-state index contributed by atoms with van der Waals surface area (Å²) in [4.78, 5) is 0. The van der Waals surface area contributed by atoms with Crippen molar-refractivity contribution in [3.63, 3.8) is 0 Å². The summed E-state index contributed by atoms with van der Waals surface area (Å²) in [5.74, 6) is 0. The van der Waals surface area contributed by atoms with Gasteiger partial charge in [0.25, 0.3) is 0 Å². The molecule has 0 bridgehead atoms. The van der Waals surface area contributed by atoms with Crippen molar-refractivity contribution in [2.24, 2.45) is 0 Å². The van der Waals surface area contributed by atoms with E-state index in [9.17, 15) is 5.11 Å². The third kappa shape index (κ3) is 2.74. The lowest BCUT2D eigenvalue weighted by molar-refractivity contribution is 0.00119. The average molecular weight is 242 g/mol. The number of nitrogens with one attached hydrogen (secondary N) is 1. The standard InChI is InChI=1S/C12H16ClNO2/c1-8(15)11-6-16-7-12(14-11)9-2-4-10(13)5-3-9/h2-5,8,11-12,14-15H,6-7H2,1H3/t8-,11+,12-/m0/s1. The zero-order chi connectivity index (χ0) is 11.5. The summed E-state index contributed by atoms with van der Waals surface area (Å²) in [6.07, 6.45) is -0.407. The van der Waals surface area contributed by atoms with Crippen molar-refractivity contribution in [2.75, 3.05) is 13.2 Å². The fourth-order valence-electron chi connectivity index (χ4n) is 1.83. The fraction of sp³-hybridized carbons (Fsp3) is 0.500. The third-order valence-corrected chi connectivity index (χ3v) is 3.10. The van der Waals surface area contributed by atoms with Crippen LogP contribution in [0.3, 0.4) is 0 Å². The minimum atomic E-state index is -0.407. The molecular weight excluding hydrogens is 226 g/mol. The highest BCUT2D eigenvalue weighted by Gasteiger charge is 2.25. The minimum Gasteiger partial charge on any atom is -0.392 e. The number of hydrogen-bond donors (Lipinski definition) is 2. The van der Waals surface area contributed by atoms with Gasteiger partial charge in [0.05, 0.1) is 31.4 Å². The number of aliphatic hydroxyl groups is 1. The lowest BCUT2D eigenvalue weighted by Gasteiger charge is -2.33. The highest BCUT2D eigenvalue weighted by molar-refractivity contribution is 6.30. The lowest BCUT2D eigenvalue weighted by atomic mass is 10.0. The Morgan fingerprint density at radius 2 is 2.06 bits per heavy atom. The summed E-state index contributed by atoms with van der Waals surface area (Å²) < 4.78 is 5.49. The Morgan fingerprint density at radius 1 is 1.38 bits per heavy atom. The minimum absolute atomic E-state index is 0.00516. The molecule has 0 radical (unpaired) electrons. The first-order chi connectivity index (χ1) is 7.66. The summed E-state index contributed by atoms with van der Waals surface area (Å²) in [6, 6.07) is 7.82. The van der Waals surface area contributed by atoms with E-state index in [2.05, 4.69) is 5.32 Å². The van der Waals surface area contributed by atoms with Crippen LogP contribution >= 0.6 is 11.6 Å². The molecule has 1 aromatic rings. The Balaban J connectivity index is 2.06. The fourth-order valence-corrected chi connectivity index (χ4v) is 1.96. The summed E-state index contributed by atoms with van der Waals surface area (Å²) in [6.45, 7) is 2.96. The summed E-state index contributed by atoms with van der Waals surface area (Å²) >= 11 is 5.84. The summed E-state index contributed by atoms with van der Waals surface area (Å²) in [5, 5.41) is 13.6. The zero-order valence-electron chi connectivity index (χ0n) is 9.19. The first-order valence-electron chi connectivity index (χ1n) is 5.44. The van der Waals surface area contributed by atoms with Gasteiger partial charge in [-0.15, -0.1) is 0 Å². The highest BCUT2D eigenvalue weighted by atomic mass is 35.5. The van der Waals surface area contributed by atoms with Crippen LogP contribution in [0.1, 0.15) is 18.5 Å². The van der Waals surface area contributed by atoms with Crippen LogP contribution < -0.4 is 5.32 Å². The van der Waals surface area contributed by atoms with Crippen molar-refractivity contribution in [2.45, 2.75) is 25.1 Å². The van der Waals surface area contributed by atoms with Crippen LogP contribution in [0.4, 0.5) is 0 Å². The Kier molecular flexibility index (Phi) is 3.82. The Labute approximate surface area is 100 Å². The maximum Gasteiger partial charge on any atom is 0.0687 e.